The van der Waals surface area contributed by atoms with Gasteiger partial charge in [-0.1, -0.05) is 30.3 Å². The van der Waals surface area contributed by atoms with E-state index in [9.17, 15) is 35.1 Å². The number of aliphatic carboxylic acids is 1. The lowest BCUT2D eigenvalue weighted by molar-refractivity contribution is -0.144. The standard InChI is InChI=1S/C17H23NO9/c19-7-12(21)14(22)15(23)13-11(20)6-10(16(24)25)18(13)17(26)27-8-9-4-2-1-3-5-9/h1-5,10-15,19-23H,6-8H2,(H,24,25)/t10-,11+,12-,13-,14-,15-/m1/s1. The van der Waals surface area contributed by atoms with Crippen LogP contribution in [0.25, 0.3) is 0 Å². The van der Waals surface area contributed by atoms with E-state index in [2.05, 4.69) is 0 Å². The van der Waals surface area contributed by atoms with E-state index in [0.717, 1.165) is 0 Å². The second kappa shape index (κ2) is 9.11. The van der Waals surface area contributed by atoms with Crippen molar-refractivity contribution in [1.29, 1.82) is 0 Å². The van der Waals surface area contributed by atoms with E-state index in [4.69, 9.17) is 9.84 Å². The van der Waals surface area contributed by atoms with E-state index in [0.29, 0.717) is 10.5 Å². The molecule has 1 aromatic carbocycles. The third kappa shape index (κ3) is 4.73. The lowest BCUT2D eigenvalue weighted by Crippen LogP contribution is -2.57. The van der Waals surface area contributed by atoms with Gasteiger partial charge in [0.1, 0.15) is 31.0 Å². The van der Waals surface area contributed by atoms with Crippen molar-refractivity contribution in [1.82, 2.24) is 4.90 Å². The Morgan fingerprint density at radius 1 is 1.19 bits per heavy atom. The van der Waals surface area contributed by atoms with Crippen molar-refractivity contribution in [3.63, 3.8) is 0 Å². The fraction of sp³-hybridized carbons (Fsp3) is 0.529. The minimum atomic E-state index is -1.91. The second-order valence-corrected chi connectivity index (χ2v) is 6.33. The molecule has 150 valence electrons. The number of likely N-dealkylation sites (tertiary alicyclic amines) is 1. The van der Waals surface area contributed by atoms with Gasteiger partial charge in [-0.05, 0) is 5.56 Å². The van der Waals surface area contributed by atoms with Crippen LogP contribution in [-0.2, 0) is 16.1 Å². The number of hydrogen-bond acceptors (Lipinski definition) is 8. The average molecular weight is 385 g/mol. The maximum atomic E-state index is 12.5. The summed E-state index contributed by atoms with van der Waals surface area (Å²) in [5.41, 5.74) is 0.644. The number of ether oxygens (including phenoxy) is 1. The second-order valence-electron chi connectivity index (χ2n) is 6.33. The number of aliphatic hydroxyl groups excluding tert-OH is 5. The number of hydrogen-bond donors (Lipinski definition) is 6. The van der Waals surface area contributed by atoms with Crippen LogP contribution in [0.3, 0.4) is 0 Å². The van der Waals surface area contributed by atoms with E-state index in [-0.39, 0.29) is 13.0 Å². The number of carbonyl (C=O) groups excluding carboxylic acids is 1. The number of aliphatic hydroxyl groups is 5. The molecule has 1 amide bonds. The molecule has 0 aromatic heterocycles. The van der Waals surface area contributed by atoms with Crippen molar-refractivity contribution in [2.75, 3.05) is 6.61 Å². The molecule has 6 N–H and O–H groups in total. The first-order valence-electron chi connectivity index (χ1n) is 8.32. The van der Waals surface area contributed by atoms with E-state index in [1.54, 1.807) is 30.3 Å². The number of benzene rings is 1. The molecule has 6 atom stereocenters. The number of carboxylic acids is 1. The molecule has 27 heavy (non-hydrogen) atoms. The summed E-state index contributed by atoms with van der Waals surface area (Å²) in [5, 5.41) is 58.1. The monoisotopic (exact) mass is 385 g/mol. The Labute approximate surface area is 154 Å². The first-order chi connectivity index (χ1) is 12.8. The Morgan fingerprint density at radius 2 is 1.81 bits per heavy atom. The Bertz CT molecular complexity index is 641. The molecule has 0 spiro atoms. The predicted molar refractivity (Wildman–Crippen MR) is 89.4 cm³/mol. The van der Waals surface area contributed by atoms with Crippen LogP contribution in [-0.4, -0.2) is 90.7 Å². The maximum absolute atomic E-state index is 12.5. The van der Waals surface area contributed by atoms with Crippen LogP contribution < -0.4 is 0 Å². The SMILES string of the molecule is O=C(O)[C@H]1C[C@H](O)[C@H]([C@@H](O)[C@H](O)[C@H](O)CO)N1C(=O)OCc1ccccc1. The van der Waals surface area contributed by atoms with Crippen LogP contribution in [0.15, 0.2) is 30.3 Å². The van der Waals surface area contributed by atoms with Gasteiger partial charge in [0.25, 0.3) is 0 Å². The van der Waals surface area contributed by atoms with Crippen molar-refractivity contribution < 1.29 is 45.0 Å². The van der Waals surface area contributed by atoms with Gasteiger partial charge in [0.05, 0.1) is 18.8 Å². The molecule has 0 bridgehead atoms. The molecule has 0 radical (unpaired) electrons. The highest BCUT2D eigenvalue weighted by Gasteiger charge is 2.52. The largest absolute Gasteiger partial charge is 0.480 e. The van der Waals surface area contributed by atoms with E-state index < -0.39 is 55.2 Å². The summed E-state index contributed by atoms with van der Waals surface area (Å²) < 4.78 is 5.10. The maximum Gasteiger partial charge on any atom is 0.411 e. The molecular formula is C17H23NO9. The van der Waals surface area contributed by atoms with Gasteiger partial charge in [0.2, 0.25) is 0 Å². The Kier molecular flexibility index (Phi) is 7.11. The molecule has 10 heteroatoms. The van der Waals surface area contributed by atoms with Crippen molar-refractivity contribution in [2.45, 2.75) is 49.5 Å². The molecule has 0 saturated carbocycles. The van der Waals surface area contributed by atoms with Gasteiger partial charge in [-0.2, -0.15) is 0 Å². The van der Waals surface area contributed by atoms with E-state index >= 15 is 0 Å². The molecule has 1 saturated heterocycles. The smallest absolute Gasteiger partial charge is 0.411 e. The first kappa shape index (κ1) is 21.1. The van der Waals surface area contributed by atoms with Gasteiger partial charge in [0, 0.05) is 6.42 Å². The molecule has 2 rings (SSSR count). The zero-order chi connectivity index (χ0) is 20.1. The third-order valence-corrected chi connectivity index (χ3v) is 4.50. The quantitative estimate of drug-likeness (QED) is 0.320. The van der Waals surface area contributed by atoms with Crippen molar-refractivity contribution in [2.24, 2.45) is 0 Å². The summed E-state index contributed by atoms with van der Waals surface area (Å²) in [7, 11) is 0. The molecule has 0 unspecified atom stereocenters. The minimum absolute atomic E-state index is 0.163. The molecular weight excluding hydrogens is 362 g/mol. The Hall–Kier alpha value is -2.24. The van der Waals surface area contributed by atoms with E-state index in [1.807, 2.05) is 0 Å². The first-order valence-corrected chi connectivity index (χ1v) is 8.32. The molecule has 0 aliphatic carbocycles. The highest BCUT2D eigenvalue weighted by Crippen LogP contribution is 2.30. The number of carbonyl (C=O) groups is 2. The van der Waals surface area contributed by atoms with E-state index in [1.165, 1.54) is 0 Å². The summed E-state index contributed by atoms with van der Waals surface area (Å²) in [4.78, 5) is 24.6. The summed E-state index contributed by atoms with van der Waals surface area (Å²) in [6, 6.07) is 5.57. The van der Waals surface area contributed by atoms with Gasteiger partial charge >= 0.3 is 12.1 Å². The topological polar surface area (TPSA) is 168 Å². The molecule has 1 fully saturated rings. The van der Waals surface area contributed by atoms with Crippen LogP contribution in [0, 0.1) is 0 Å². The molecule has 10 nitrogen and oxygen atoms in total. The van der Waals surface area contributed by atoms with Crippen LogP contribution in [0.2, 0.25) is 0 Å². The Morgan fingerprint density at radius 3 is 2.37 bits per heavy atom. The number of amides is 1. The zero-order valence-electron chi connectivity index (χ0n) is 14.3. The minimum Gasteiger partial charge on any atom is -0.480 e. The van der Waals surface area contributed by atoms with Gasteiger partial charge < -0.3 is 35.4 Å². The summed E-state index contributed by atoms with van der Waals surface area (Å²) in [6.07, 6.45) is -8.52. The van der Waals surface area contributed by atoms with Gasteiger partial charge in [-0.3, -0.25) is 4.90 Å². The van der Waals surface area contributed by atoms with Crippen LogP contribution in [0.4, 0.5) is 4.79 Å². The highest BCUT2D eigenvalue weighted by molar-refractivity contribution is 5.81. The summed E-state index contributed by atoms with van der Waals surface area (Å²) in [5.74, 6) is -1.42. The Balaban J connectivity index is 2.20. The van der Waals surface area contributed by atoms with Crippen LogP contribution >= 0.6 is 0 Å². The van der Waals surface area contributed by atoms with Crippen LogP contribution in [0.5, 0.6) is 0 Å². The number of carboxylic acid groups (broad SMARTS) is 1. The van der Waals surface area contributed by atoms with Crippen LogP contribution in [0.1, 0.15) is 12.0 Å². The molecule has 1 aromatic rings. The number of nitrogens with zero attached hydrogens (tertiary/aromatic N) is 1. The lowest BCUT2D eigenvalue weighted by atomic mass is 9.97. The van der Waals surface area contributed by atoms with Gasteiger partial charge in [-0.15, -0.1) is 0 Å². The zero-order valence-corrected chi connectivity index (χ0v) is 14.3. The fourth-order valence-electron chi connectivity index (χ4n) is 3.07. The molecule has 1 heterocycles. The lowest BCUT2D eigenvalue weighted by Gasteiger charge is -2.34. The molecule has 1 aliphatic heterocycles. The van der Waals surface area contributed by atoms with Crippen molar-refractivity contribution in [3.8, 4) is 0 Å². The van der Waals surface area contributed by atoms with Gasteiger partial charge in [0.15, 0.2) is 0 Å². The molecule has 1 aliphatic rings. The predicted octanol–water partition coefficient (Wildman–Crippen LogP) is -1.71. The van der Waals surface area contributed by atoms with Crippen molar-refractivity contribution >= 4 is 12.1 Å². The highest BCUT2D eigenvalue weighted by atomic mass is 16.6. The van der Waals surface area contributed by atoms with Gasteiger partial charge in [-0.25, -0.2) is 9.59 Å². The normalized spacial score (nSPS) is 25.7. The number of rotatable bonds is 7. The third-order valence-electron chi connectivity index (χ3n) is 4.50. The fourth-order valence-corrected chi connectivity index (χ4v) is 3.07. The summed E-state index contributed by atoms with van der Waals surface area (Å²) in [6.45, 7) is -1.04. The average Bonchev–Trinajstić information content (AvgIpc) is 3.02. The summed E-state index contributed by atoms with van der Waals surface area (Å²) >= 11 is 0. The van der Waals surface area contributed by atoms with Crippen molar-refractivity contribution in [3.05, 3.63) is 35.9 Å².